The average molecular weight is 204 g/mol. The molecule has 1 aliphatic carbocycles. The zero-order valence-corrected chi connectivity index (χ0v) is 10.2. The predicted octanol–water partition coefficient (Wildman–Crippen LogP) is 3.82. The summed E-state index contributed by atoms with van der Waals surface area (Å²) in [4.78, 5) is 11.1. The third kappa shape index (κ3) is 2.68. The fourth-order valence-electron chi connectivity index (χ4n) is 2.43. The maximum atomic E-state index is 11.1. The summed E-state index contributed by atoms with van der Waals surface area (Å²) in [6.07, 6.45) is 5.79. The first-order chi connectivity index (χ1) is 6.84. The van der Waals surface area contributed by atoms with E-state index in [9.17, 15) is 4.79 Å². The van der Waals surface area contributed by atoms with Crippen LogP contribution in [0.15, 0.2) is 35.5 Å². The van der Waals surface area contributed by atoms with Gasteiger partial charge >= 0.3 is 0 Å². The molecule has 0 heterocycles. The minimum Gasteiger partial charge on any atom is -0.300 e. The highest BCUT2D eigenvalue weighted by atomic mass is 16.1. The van der Waals surface area contributed by atoms with E-state index >= 15 is 0 Å². The monoisotopic (exact) mass is 204 g/mol. The Kier molecular flexibility index (Phi) is 3.33. The molecule has 0 saturated carbocycles. The fraction of sp³-hybridized carbons (Fsp3) is 0.500. The van der Waals surface area contributed by atoms with E-state index < -0.39 is 0 Å². The minimum absolute atomic E-state index is 0.116. The number of rotatable bonds is 2. The maximum absolute atomic E-state index is 11.1. The Hall–Kier alpha value is -1.11. The molecule has 0 aliphatic heterocycles. The lowest BCUT2D eigenvalue weighted by Gasteiger charge is -2.33. The van der Waals surface area contributed by atoms with E-state index in [2.05, 4.69) is 32.6 Å². The van der Waals surface area contributed by atoms with Gasteiger partial charge in [-0.25, -0.2) is 0 Å². The summed E-state index contributed by atoms with van der Waals surface area (Å²) >= 11 is 0. The van der Waals surface area contributed by atoms with Crippen molar-refractivity contribution in [2.24, 2.45) is 5.41 Å². The summed E-state index contributed by atoms with van der Waals surface area (Å²) in [5, 5.41) is 0. The van der Waals surface area contributed by atoms with Crippen molar-refractivity contribution in [3.05, 3.63) is 35.5 Å². The largest absolute Gasteiger partial charge is 0.300 e. The average Bonchev–Trinajstić information content (AvgIpc) is 1.99. The summed E-state index contributed by atoms with van der Waals surface area (Å²) in [7, 11) is 0. The second-order valence-electron chi connectivity index (χ2n) is 5.05. The number of allylic oxidation sites excluding steroid dienone is 5. The first-order valence-corrected chi connectivity index (χ1v) is 5.40. The molecule has 0 fully saturated rings. The molecule has 0 aromatic heterocycles. The smallest absolute Gasteiger partial charge is 0.133 e. The van der Waals surface area contributed by atoms with E-state index in [-0.39, 0.29) is 11.2 Å². The molecule has 0 aromatic rings. The van der Waals surface area contributed by atoms with Gasteiger partial charge < -0.3 is 0 Å². The molecule has 0 aromatic carbocycles. The molecule has 1 aliphatic rings. The van der Waals surface area contributed by atoms with Crippen LogP contribution in [0.3, 0.4) is 0 Å². The molecular formula is C14H20O. The number of hydrogen-bond donors (Lipinski definition) is 0. The Morgan fingerprint density at radius 3 is 2.53 bits per heavy atom. The van der Waals surface area contributed by atoms with E-state index in [0.29, 0.717) is 6.42 Å². The van der Waals surface area contributed by atoms with Gasteiger partial charge in [-0.05, 0) is 36.8 Å². The third-order valence-electron chi connectivity index (χ3n) is 2.89. The second kappa shape index (κ2) is 4.18. The molecule has 82 valence electrons. The third-order valence-corrected chi connectivity index (χ3v) is 2.89. The quantitative estimate of drug-likeness (QED) is 0.668. The number of Topliss-reactive ketones (excluding diaryl/α,β-unsaturated/α-hetero) is 1. The highest BCUT2D eigenvalue weighted by molar-refractivity contribution is 5.78. The molecule has 0 spiro atoms. The van der Waals surface area contributed by atoms with Crippen LogP contribution in [0.5, 0.6) is 0 Å². The lowest BCUT2D eigenvalue weighted by molar-refractivity contribution is -0.116. The van der Waals surface area contributed by atoms with Crippen LogP contribution in [-0.2, 0) is 4.79 Å². The Morgan fingerprint density at radius 2 is 2.07 bits per heavy atom. The minimum atomic E-state index is 0.116. The van der Waals surface area contributed by atoms with Crippen molar-refractivity contribution in [1.82, 2.24) is 0 Å². The molecule has 0 amide bonds. The van der Waals surface area contributed by atoms with E-state index in [1.165, 1.54) is 11.1 Å². The molecule has 0 N–H and O–H groups in total. The molecule has 0 unspecified atom stereocenters. The molecule has 1 heteroatoms. The highest BCUT2D eigenvalue weighted by Gasteiger charge is 2.27. The van der Waals surface area contributed by atoms with Crippen LogP contribution in [-0.4, -0.2) is 5.78 Å². The van der Waals surface area contributed by atoms with Gasteiger partial charge in [0.2, 0.25) is 0 Å². The molecular weight excluding hydrogens is 184 g/mol. The number of carbonyl (C=O) groups is 1. The van der Waals surface area contributed by atoms with Gasteiger partial charge in [0.15, 0.2) is 0 Å². The zero-order chi connectivity index (χ0) is 11.6. The molecule has 1 rings (SSSR count). The van der Waals surface area contributed by atoms with Gasteiger partial charge in [-0.1, -0.05) is 38.2 Å². The van der Waals surface area contributed by atoms with E-state index in [1.807, 2.05) is 6.92 Å². The second-order valence-corrected chi connectivity index (χ2v) is 5.05. The van der Waals surface area contributed by atoms with E-state index in [0.717, 1.165) is 12.0 Å². The van der Waals surface area contributed by atoms with Gasteiger partial charge in [-0.2, -0.15) is 0 Å². The molecule has 0 bridgehead atoms. The predicted molar refractivity (Wildman–Crippen MR) is 64.7 cm³/mol. The Bertz CT molecular complexity index is 354. The molecule has 15 heavy (non-hydrogen) atoms. The summed E-state index contributed by atoms with van der Waals surface area (Å²) in [5.74, 6) is 0.221. The van der Waals surface area contributed by atoms with Crippen LogP contribution in [0, 0.1) is 5.41 Å². The standard InChI is InChI=1S/C14H20O/c1-10-7-6-8-14(4,5)13(10)11(2)9-12(3)15/h6-7H,1,8-9H2,2-5H3/b13-11+. The summed E-state index contributed by atoms with van der Waals surface area (Å²) in [6, 6.07) is 0. The SMILES string of the molecule is C=C1C=CCC(C)(C)/C1=C(\C)CC(C)=O. The fourth-order valence-corrected chi connectivity index (χ4v) is 2.43. The van der Waals surface area contributed by atoms with Gasteiger partial charge in [-0.3, -0.25) is 4.79 Å². The van der Waals surface area contributed by atoms with Crippen molar-refractivity contribution in [3.8, 4) is 0 Å². The maximum Gasteiger partial charge on any atom is 0.133 e. The van der Waals surface area contributed by atoms with Crippen molar-refractivity contribution < 1.29 is 4.79 Å². The van der Waals surface area contributed by atoms with Gasteiger partial charge in [0.05, 0.1) is 0 Å². The number of carbonyl (C=O) groups excluding carboxylic acids is 1. The van der Waals surface area contributed by atoms with Gasteiger partial charge in [-0.15, -0.1) is 0 Å². The Balaban J connectivity index is 3.14. The summed E-state index contributed by atoms with van der Waals surface area (Å²) < 4.78 is 0. The highest BCUT2D eigenvalue weighted by Crippen LogP contribution is 2.41. The Labute approximate surface area is 92.6 Å². The molecule has 1 nitrogen and oxygen atoms in total. The zero-order valence-electron chi connectivity index (χ0n) is 10.2. The van der Waals surface area contributed by atoms with Crippen molar-refractivity contribution in [2.75, 3.05) is 0 Å². The van der Waals surface area contributed by atoms with Crippen LogP contribution in [0.4, 0.5) is 0 Å². The van der Waals surface area contributed by atoms with Crippen molar-refractivity contribution in [1.29, 1.82) is 0 Å². The van der Waals surface area contributed by atoms with Gasteiger partial charge in [0, 0.05) is 6.42 Å². The summed E-state index contributed by atoms with van der Waals surface area (Å²) in [6.45, 7) is 12.2. The topological polar surface area (TPSA) is 17.1 Å². The van der Waals surface area contributed by atoms with Gasteiger partial charge in [0.1, 0.15) is 5.78 Å². The van der Waals surface area contributed by atoms with Crippen LogP contribution in [0.25, 0.3) is 0 Å². The van der Waals surface area contributed by atoms with Crippen LogP contribution in [0.1, 0.15) is 40.5 Å². The van der Waals surface area contributed by atoms with E-state index in [4.69, 9.17) is 0 Å². The molecule has 0 atom stereocenters. The van der Waals surface area contributed by atoms with Crippen LogP contribution < -0.4 is 0 Å². The lowest BCUT2D eigenvalue weighted by Crippen LogP contribution is -2.19. The van der Waals surface area contributed by atoms with Crippen LogP contribution >= 0.6 is 0 Å². The first kappa shape index (κ1) is 12.0. The number of hydrogen-bond acceptors (Lipinski definition) is 1. The van der Waals surface area contributed by atoms with Crippen molar-refractivity contribution >= 4 is 5.78 Å². The van der Waals surface area contributed by atoms with Gasteiger partial charge in [0.25, 0.3) is 0 Å². The van der Waals surface area contributed by atoms with E-state index in [1.54, 1.807) is 6.92 Å². The number of ketones is 1. The molecule has 0 saturated heterocycles. The Morgan fingerprint density at radius 1 is 1.47 bits per heavy atom. The first-order valence-electron chi connectivity index (χ1n) is 5.40. The normalized spacial score (nSPS) is 22.8. The summed E-state index contributed by atoms with van der Waals surface area (Å²) in [5.41, 5.74) is 3.61. The lowest BCUT2D eigenvalue weighted by atomic mass is 9.72. The van der Waals surface area contributed by atoms with Crippen LogP contribution in [0.2, 0.25) is 0 Å². The van der Waals surface area contributed by atoms with Crippen molar-refractivity contribution in [2.45, 2.75) is 40.5 Å². The molecule has 0 radical (unpaired) electrons. The van der Waals surface area contributed by atoms with Crippen molar-refractivity contribution in [3.63, 3.8) is 0 Å².